The predicted octanol–water partition coefficient (Wildman–Crippen LogP) is 2.28. The molecule has 3 aliphatic rings. The van der Waals surface area contributed by atoms with E-state index in [1.54, 1.807) is 6.07 Å². The van der Waals surface area contributed by atoms with E-state index in [1.807, 2.05) is 30.3 Å². The van der Waals surface area contributed by atoms with Crippen molar-refractivity contribution in [2.24, 2.45) is 11.8 Å². The summed E-state index contributed by atoms with van der Waals surface area (Å²) >= 11 is 0. The van der Waals surface area contributed by atoms with E-state index in [0.29, 0.717) is 41.9 Å². The average Bonchev–Trinajstić information content (AvgIpc) is 3.14. The van der Waals surface area contributed by atoms with Crippen LogP contribution >= 0.6 is 0 Å². The summed E-state index contributed by atoms with van der Waals surface area (Å²) in [6.07, 6.45) is -0.746. The second kappa shape index (κ2) is 7.40. The Kier molecular flexibility index (Phi) is 4.70. The molecule has 1 saturated carbocycles. The number of hydrogen-bond donors (Lipinski definition) is 2. The van der Waals surface area contributed by atoms with Crippen molar-refractivity contribution in [3.8, 4) is 5.75 Å². The summed E-state index contributed by atoms with van der Waals surface area (Å²) in [6, 6.07) is 12.8. The van der Waals surface area contributed by atoms with Crippen molar-refractivity contribution in [1.82, 2.24) is 10.6 Å². The molecule has 2 fully saturated rings. The summed E-state index contributed by atoms with van der Waals surface area (Å²) in [7, 11) is 1.52. The summed E-state index contributed by atoms with van der Waals surface area (Å²) in [5.41, 5.74) is 2.17. The van der Waals surface area contributed by atoms with Crippen LogP contribution in [0.25, 0.3) is 0 Å². The van der Waals surface area contributed by atoms with E-state index in [4.69, 9.17) is 9.47 Å². The fourth-order valence-corrected chi connectivity index (χ4v) is 4.73. The average molecular weight is 410 g/mol. The van der Waals surface area contributed by atoms with Crippen LogP contribution in [0.1, 0.15) is 37.8 Å². The first-order valence-electron chi connectivity index (χ1n) is 10.2. The zero-order valence-corrected chi connectivity index (χ0v) is 16.6. The number of carbonyl (C=O) groups is 2. The third-order valence-corrected chi connectivity index (χ3v) is 6.39. The molecule has 5 rings (SSSR count). The molecule has 2 aliphatic heterocycles. The molecule has 2 N–H and O–H groups in total. The molecule has 30 heavy (non-hydrogen) atoms. The van der Waals surface area contributed by atoms with Gasteiger partial charge in [-0.1, -0.05) is 30.3 Å². The van der Waals surface area contributed by atoms with Crippen molar-refractivity contribution in [3.63, 3.8) is 0 Å². The molecule has 0 aromatic heterocycles. The van der Waals surface area contributed by atoms with Crippen molar-refractivity contribution in [2.75, 3.05) is 26.9 Å². The monoisotopic (exact) mass is 410 g/mol. The summed E-state index contributed by atoms with van der Waals surface area (Å²) in [5, 5.41) is 5.65. The molecule has 0 radical (unpaired) electrons. The lowest BCUT2D eigenvalue weighted by Crippen LogP contribution is -2.30. The predicted molar refractivity (Wildman–Crippen MR) is 108 cm³/mol. The largest absolute Gasteiger partial charge is 0.486 e. The summed E-state index contributed by atoms with van der Waals surface area (Å²) in [6.45, 7) is 0.644. The van der Waals surface area contributed by atoms with Crippen LogP contribution < -0.4 is 15.4 Å². The first-order valence-corrected chi connectivity index (χ1v) is 10.2. The lowest BCUT2D eigenvalue weighted by molar-refractivity contribution is 0.0929. The van der Waals surface area contributed by atoms with Crippen LogP contribution in [0.15, 0.2) is 42.5 Å². The number of halogens is 1. The van der Waals surface area contributed by atoms with Crippen LogP contribution in [0, 0.1) is 11.8 Å². The van der Waals surface area contributed by atoms with Gasteiger partial charge in [0.1, 0.15) is 18.5 Å². The molecule has 156 valence electrons. The summed E-state index contributed by atoms with van der Waals surface area (Å²) in [4.78, 5) is 25.5. The van der Waals surface area contributed by atoms with Gasteiger partial charge in [0.05, 0.1) is 24.7 Å². The highest BCUT2D eigenvalue weighted by molar-refractivity contribution is 6.02. The minimum Gasteiger partial charge on any atom is -0.486 e. The molecule has 4 atom stereocenters. The number of benzene rings is 2. The minimum atomic E-state index is -0.746. The SMILES string of the molecule is CNC(=O)c1cc(C(=O)NC2C3COCC32)cc2c1OC(CF)C2c1ccccc1. The maximum absolute atomic E-state index is 13.9. The van der Waals surface area contributed by atoms with E-state index in [-0.39, 0.29) is 23.4 Å². The number of fused-ring (bicyclic) bond motifs is 2. The van der Waals surface area contributed by atoms with E-state index in [0.717, 1.165) is 5.56 Å². The zero-order valence-electron chi connectivity index (χ0n) is 16.6. The van der Waals surface area contributed by atoms with E-state index in [2.05, 4.69) is 10.6 Å². The van der Waals surface area contributed by atoms with Crippen LogP contribution in [0.4, 0.5) is 4.39 Å². The molecule has 4 unspecified atom stereocenters. The fourth-order valence-electron chi connectivity index (χ4n) is 4.73. The fraction of sp³-hybridized carbons (Fsp3) is 0.391. The highest BCUT2D eigenvalue weighted by atomic mass is 19.1. The Balaban J connectivity index is 1.54. The van der Waals surface area contributed by atoms with Crippen molar-refractivity contribution < 1.29 is 23.5 Å². The lowest BCUT2D eigenvalue weighted by Gasteiger charge is -2.16. The van der Waals surface area contributed by atoms with E-state index >= 15 is 0 Å². The normalized spacial score (nSPS) is 28.3. The molecule has 2 amide bonds. The van der Waals surface area contributed by atoms with E-state index < -0.39 is 18.7 Å². The zero-order chi connectivity index (χ0) is 20.8. The van der Waals surface area contributed by atoms with Gasteiger partial charge in [0.2, 0.25) is 0 Å². The Morgan fingerprint density at radius 1 is 1.10 bits per heavy atom. The third-order valence-electron chi connectivity index (χ3n) is 6.39. The van der Waals surface area contributed by atoms with Crippen molar-refractivity contribution in [1.29, 1.82) is 0 Å². The Morgan fingerprint density at radius 2 is 1.83 bits per heavy atom. The number of alkyl halides is 1. The third kappa shape index (κ3) is 3.04. The molecule has 2 aromatic rings. The Morgan fingerprint density at radius 3 is 2.50 bits per heavy atom. The smallest absolute Gasteiger partial charge is 0.254 e. The van der Waals surface area contributed by atoms with Crippen molar-refractivity contribution in [3.05, 3.63) is 64.7 Å². The molecule has 6 nitrogen and oxygen atoms in total. The number of amides is 2. The molecule has 2 heterocycles. The van der Waals surface area contributed by atoms with Crippen LogP contribution in [0.5, 0.6) is 5.75 Å². The van der Waals surface area contributed by atoms with Crippen LogP contribution in [-0.2, 0) is 4.74 Å². The van der Waals surface area contributed by atoms with Gasteiger partial charge in [-0.3, -0.25) is 9.59 Å². The number of rotatable bonds is 5. The van der Waals surface area contributed by atoms with E-state index in [9.17, 15) is 14.0 Å². The second-order valence-corrected chi connectivity index (χ2v) is 8.08. The molecule has 2 aromatic carbocycles. The maximum Gasteiger partial charge on any atom is 0.254 e. The number of ether oxygens (including phenoxy) is 2. The summed E-state index contributed by atoms with van der Waals surface area (Å²) in [5.74, 6) is 0.0909. The molecule has 7 heteroatoms. The van der Waals surface area contributed by atoms with E-state index in [1.165, 1.54) is 13.1 Å². The van der Waals surface area contributed by atoms with Crippen molar-refractivity contribution >= 4 is 11.8 Å². The first-order chi connectivity index (χ1) is 14.6. The van der Waals surface area contributed by atoms with Gasteiger partial charge in [-0.25, -0.2) is 4.39 Å². The highest BCUT2D eigenvalue weighted by Gasteiger charge is 2.54. The van der Waals surface area contributed by atoms with Gasteiger partial charge in [0.15, 0.2) is 0 Å². The quantitative estimate of drug-likeness (QED) is 0.793. The minimum absolute atomic E-state index is 0.114. The number of carbonyl (C=O) groups excluding carboxylic acids is 2. The summed E-state index contributed by atoms with van der Waals surface area (Å²) < 4.78 is 25.1. The first kappa shape index (κ1) is 19.1. The van der Waals surface area contributed by atoms with Gasteiger partial charge >= 0.3 is 0 Å². The van der Waals surface area contributed by atoms with Crippen LogP contribution in [-0.4, -0.2) is 50.9 Å². The Hall–Kier alpha value is -2.93. The molecular weight excluding hydrogens is 387 g/mol. The Bertz CT molecular complexity index is 986. The van der Waals surface area contributed by atoms with Crippen molar-refractivity contribution in [2.45, 2.75) is 18.1 Å². The van der Waals surface area contributed by atoms with Gasteiger partial charge in [-0.05, 0) is 17.7 Å². The van der Waals surface area contributed by atoms with Gasteiger partial charge in [0.25, 0.3) is 11.8 Å². The van der Waals surface area contributed by atoms with Gasteiger partial charge in [-0.2, -0.15) is 0 Å². The number of nitrogens with one attached hydrogen (secondary N) is 2. The maximum atomic E-state index is 13.9. The van der Waals surface area contributed by atoms with Crippen LogP contribution in [0.3, 0.4) is 0 Å². The van der Waals surface area contributed by atoms with Gasteiger partial charge in [0, 0.05) is 36.1 Å². The lowest BCUT2D eigenvalue weighted by atomic mass is 9.86. The molecule has 0 spiro atoms. The molecular formula is C23H23FN2O4. The number of hydrogen-bond acceptors (Lipinski definition) is 4. The Labute approximate surface area is 173 Å². The van der Waals surface area contributed by atoms with Crippen LogP contribution in [0.2, 0.25) is 0 Å². The molecule has 1 aliphatic carbocycles. The molecule has 1 saturated heterocycles. The second-order valence-electron chi connectivity index (χ2n) is 8.08. The standard InChI is InChI=1S/C23H23FN2O4/c1-25-23(28)15-8-13(22(27)26-20-16-10-29-11-17(16)20)7-14-19(12-5-3-2-4-6-12)18(9-24)30-21(14)15/h2-8,16-20H,9-11H2,1H3,(H,25,28)(H,26,27). The van der Waals surface area contributed by atoms with Gasteiger partial charge < -0.3 is 20.1 Å². The topological polar surface area (TPSA) is 76.7 Å². The van der Waals surface area contributed by atoms with Gasteiger partial charge in [-0.15, -0.1) is 0 Å². The highest BCUT2D eigenvalue weighted by Crippen LogP contribution is 2.46. The molecule has 0 bridgehead atoms.